The van der Waals surface area contributed by atoms with Crippen molar-refractivity contribution in [1.82, 2.24) is 4.90 Å². The Morgan fingerprint density at radius 3 is 2.83 bits per heavy atom. The molecule has 1 heterocycles. The SMILES string of the molecule is CN1CCC(O)C(CC(F)F)C1. The van der Waals surface area contributed by atoms with Crippen LogP contribution in [-0.2, 0) is 0 Å². The second kappa shape index (κ2) is 4.14. The lowest BCUT2D eigenvalue weighted by molar-refractivity contribution is 0.000587. The van der Waals surface area contributed by atoms with E-state index in [4.69, 9.17) is 0 Å². The minimum absolute atomic E-state index is 0.175. The van der Waals surface area contributed by atoms with Crippen LogP contribution in [0.15, 0.2) is 0 Å². The first-order valence-electron chi connectivity index (χ1n) is 4.24. The Kier molecular flexibility index (Phi) is 3.40. The van der Waals surface area contributed by atoms with E-state index in [1.807, 2.05) is 11.9 Å². The number of rotatable bonds is 2. The van der Waals surface area contributed by atoms with Crippen LogP contribution in [0.5, 0.6) is 0 Å². The second-order valence-corrected chi connectivity index (χ2v) is 3.51. The van der Waals surface area contributed by atoms with E-state index >= 15 is 0 Å². The molecule has 2 nitrogen and oxygen atoms in total. The number of alkyl halides is 2. The fourth-order valence-electron chi connectivity index (χ4n) is 1.66. The van der Waals surface area contributed by atoms with Gasteiger partial charge < -0.3 is 10.0 Å². The Hall–Kier alpha value is -0.220. The van der Waals surface area contributed by atoms with Crippen molar-refractivity contribution in [2.45, 2.75) is 25.4 Å². The van der Waals surface area contributed by atoms with Crippen LogP contribution in [0, 0.1) is 5.92 Å². The average Bonchev–Trinajstić information content (AvgIpc) is 1.96. The number of hydrogen-bond acceptors (Lipinski definition) is 2. The highest BCUT2D eigenvalue weighted by molar-refractivity contribution is 4.78. The monoisotopic (exact) mass is 179 g/mol. The summed E-state index contributed by atoms with van der Waals surface area (Å²) >= 11 is 0. The van der Waals surface area contributed by atoms with E-state index in [-0.39, 0.29) is 12.3 Å². The lowest BCUT2D eigenvalue weighted by atomic mass is 9.92. The van der Waals surface area contributed by atoms with Gasteiger partial charge in [0.2, 0.25) is 6.43 Å². The zero-order valence-electron chi connectivity index (χ0n) is 7.21. The number of nitrogens with zero attached hydrogens (tertiary/aromatic N) is 1. The van der Waals surface area contributed by atoms with E-state index in [1.54, 1.807) is 0 Å². The van der Waals surface area contributed by atoms with Crippen LogP contribution in [0.4, 0.5) is 8.78 Å². The highest BCUT2D eigenvalue weighted by Crippen LogP contribution is 2.22. The van der Waals surface area contributed by atoms with Gasteiger partial charge in [0.1, 0.15) is 0 Å². The predicted molar refractivity (Wildman–Crippen MR) is 42.2 cm³/mol. The fraction of sp³-hybridized carbons (Fsp3) is 1.00. The number of aliphatic hydroxyl groups excluding tert-OH is 1. The highest BCUT2D eigenvalue weighted by Gasteiger charge is 2.28. The minimum atomic E-state index is -2.30. The second-order valence-electron chi connectivity index (χ2n) is 3.51. The van der Waals surface area contributed by atoms with Crippen LogP contribution in [0.2, 0.25) is 0 Å². The summed E-state index contributed by atoms with van der Waals surface area (Å²) in [5.41, 5.74) is 0. The van der Waals surface area contributed by atoms with Gasteiger partial charge in [0.15, 0.2) is 0 Å². The normalized spacial score (nSPS) is 32.8. The standard InChI is InChI=1S/C8H15F2NO/c1-11-3-2-7(12)6(5-11)4-8(9)10/h6-8,12H,2-5H2,1H3. The highest BCUT2D eigenvalue weighted by atomic mass is 19.3. The van der Waals surface area contributed by atoms with Gasteiger partial charge in [0, 0.05) is 25.4 Å². The molecule has 1 saturated heterocycles. The summed E-state index contributed by atoms with van der Waals surface area (Å²) in [4.78, 5) is 1.99. The van der Waals surface area contributed by atoms with Crippen molar-refractivity contribution in [2.24, 2.45) is 5.92 Å². The molecule has 1 rings (SSSR count). The molecule has 12 heavy (non-hydrogen) atoms. The average molecular weight is 179 g/mol. The predicted octanol–water partition coefficient (Wildman–Crippen LogP) is 0.954. The maximum Gasteiger partial charge on any atom is 0.239 e. The largest absolute Gasteiger partial charge is 0.393 e. The number of aliphatic hydroxyl groups is 1. The summed E-state index contributed by atoms with van der Waals surface area (Å²) in [6.07, 6.45) is -2.38. The first-order chi connectivity index (χ1) is 5.59. The lowest BCUT2D eigenvalue weighted by Gasteiger charge is -2.33. The van der Waals surface area contributed by atoms with Crippen LogP contribution in [0.25, 0.3) is 0 Å². The van der Waals surface area contributed by atoms with Gasteiger partial charge in [-0.3, -0.25) is 0 Å². The van der Waals surface area contributed by atoms with Gasteiger partial charge in [-0.25, -0.2) is 8.78 Å². The summed E-state index contributed by atoms with van der Waals surface area (Å²) in [5, 5.41) is 9.38. The van der Waals surface area contributed by atoms with Crippen molar-refractivity contribution in [1.29, 1.82) is 0 Å². The van der Waals surface area contributed by atoms with Gasteiger partial charge >= 0.3 is 0 Å². The van der Waals surface area contributed by atoms with Gasteiger partial charge in [0.05, 0.1) is 6.10 Å². The van der Waals surface area contributed by atoms with Gasteiger partial charge in [-0.1, -0.05) is 0 Å². The van der Waals surface area contributed by atoms with Gasteiger partial charge in [-0.2, -0.15) is 0 Å². The topological polar surface area (TPSA) is 23.5 Å². The third-order valence-electron chi connectivity index (χ3n) is 2.38. The van der Waals surface area contributed by atoms with Crippen LogP contribution in [-0.4, -0.2) is 42.7 Å². The first-order valence-corrected chi connectivity index (χ1v) is 4.24. The van der Waals surface area contributed by atoms with Crippen molar-refractivity contribution in [3.63, 3.8) is 0 Å². The van der Waals surface area contributed by atoms with E-state index in [1.165, 1.54) is 0 Å². The van der Waals surface area contributed by atoms with Crippen molar-refractivity contribution in [2.75, 3.05) is 20.1 Å². The van der Waals surface area contributed by atoms with E-state index in [0.717, 1.165) is 6.54 Å². The Morgan fingerprint density at radius 2 is 2.25 bits per heavy atom. The summed E-state index contributed by atoms with van der Waals surface area (Å²) in [7, 11) is 1.89. The molecule has 0 aliphatic carbocycles. The third kappa shape index (κ3) is 2.68. The van der Waals surface area contributed by atoms with E-state index in [2.05, 4.69) is 0 Å². The number of hydrogen-bond donors (Lipinski definition) is 1. The van der Waals surface area contributed by atoms with Gasteiger partial charge in [0.25, 0.3) is 0 Å². The summed E-state index contributed by atoms with van der Waals surface area (Å²) < 4.78 is 24.0. The number of halogens is 2. The smallest absolute Gasteiger partial charge is 0.239 e. The maximum absolute atomic E-state index is 12.0. The molecule has 0 spiro atoms. The van der Waals surface area contributed by atoms with Gasteiger partial charge in [-0.05, 0) is 13.5 Å². The third-order valence-corrected chi connectivity index (χ3v) is 2.38. The molecule has 0 amide bonds. The zero-order valence-corrected chi connectivity index (χ0v) is 7.21. The van der Waals surface area contributed by atoms with E-state index < -0.39 is 12.5 Å². The first kappa shape index (κ1) is 9.86. The molecule has 0 aromatic rings. The molecule has 72 valence electrons. The maximum atomic E-state index is 12.0. The Bertz CT molecular complexity index is 141. The van der Waals surface area contributed by atoms with E-state index in [9.17, 15) is 13.9 Å². The van der Waals surface area contributed by atoms with Crippen molar-refractivity contribution in [3.05, 3.63) is 0 Å². The molecule has 0 aromatic heterocycles. The van der Waals surface area contributed by atoms with Crippen molar-refractivity contribution < 1.29 is 13.9 Å². The molecule has 1 N–H and O–H groups in total. The zero-order chi connectivity index (χ0) is 9.14. The molecule has 0 aromatic carbocycles. The Balaban J connectivity index is 2.38. The molecule has 0 radical (unpaired) electrons. The molecular weight excluding hydrogens is 164 g/mol. The van der Waals surface area contributed by atoms with Gasteiger partial charge in [-0.15, -0.1) is 0 Å². The molecule has 1 aliphatic rings. The summed E-state index contributed by atoms with van der Waals surface area (Å²) in [6, 6.07) is 0. The molecule has 2 atom stereocenters. The minimum Gasteiger partial charge on any atom is -0.393 e. The summed E-state index contributed by atoms with van der Waals surface area (Å²) in [6.45, 7) is 1.40. The van der Waals surface area contributed by atoms with Crippen molar-refractivity contribution in [3.8, 4) is 0 Å². The quantitative estimate of drug-likeness (QED) is 0.682. The molecule has 0 saturated carbocycles. The van der Waals surface area contributed by atoms with E-state index in [0.29, 0.717) is 13.0 Å². The summed E-state index contributed by atoms with van der Waals surface area (Å²) in [5.74, 6) is -0.247. The number of piperidine rings is 1. The Labute approximate surface area is 71.2 Å². The molecule has 1 aliphatic heterocycles. The molecule has 0 bridgehead atoms. The van der Waals surface area contributed by atoms with Crippen LogP contribution in [0.1, 0.15) is 12.8 Å². The van der Waals surface area contributed by atoms with Crippen LogP contribution >= 0.6 is 0 Å². The van der Waals surface area contributed by atoms with Crippen LogP contribution < -0.4 is 0 Å². The molecule has 4 heteroatoms. The van der Waals surface area contributed by atoms with Crippen molar-refractivity contribution >= 4 is 0 Å². The number of likely N-dealkylation sites (tertiary alicyclic amines) is 1. The fourth-order valence-corrected chi connectivity index (χ4v) is 1.66. The molecule has 2 unspecified atom stereocenters. The van der Waals surface area contributed by atoms with Crippen LogP contribution in [0.3, 0.4) is 0 Å². The molecule has 1 fully saturated rings. The lowest BCUT2D eigenvalue weighted by Crippen LogP contribution is -2.41. The molecular formula is C8H15F2NO. The Morgan fingerprint density at radius 1 is 1.58 bits per heavy atom.